The molecule has 1 atom stereocenters. The summed E-state index contributed by atoms with van der Waals surface area (Å²) in [6.07, 6.45) is 0. The number of carbonyl (C=O) groups is 1. The van der Waals surface area contributed by atoms with Gasteiger partial charge in [-0.05, 0) is 44.5 Å². The van der Waals surface area contributed by atoms with Crippen molar-refractivity contribution in [2.24, 2.45) is 0 Å². The molecule has 0 bridgehead atoms. The molecule has 0 saturated heterocycles. The minimum absolute atomic E-state index is 0.320. The van der Waals surface area contributed by atoms with Gasteiger partial charge < -0.3 is 9.15 Å². The van der Waals surface area contributed by atoms with Gasteiger partial charge in [-0.25, -0.2) is 4.79 Å². The smallest absolute Gasteiger partial charge is 0.346 e. The van der Waals surface area contributed by atoms with Crippen LogP contribution in [0, 0.1) is 13.8 Å². The van der Waals surface area contributed by atoms with E-state index in [1.807, 2.05) is 19.9 Å². The lowest BCUT2D eigenvalue weighted by Crippen LogP contribution is -2.17. The van der Waals surface area contributed by atoms with Crippen molar-refractivity contribution in [2.75, 3.05) is 0 Å². The Balaban J connectivity index is 2.24. The van der Waals surface area contributed by atoms with Gasteiger partial charge in [-0.3, -0.25) is 9.78 Å². The number of aryl methyl sites for hydroxylation is 2. The molecule has 0 saturated carbocycles. The van der Waals surface area contributed by atoms with Gasteiger partial charge in [0.1, 0.15) is 16.2 Å². The molecule has 0 radical (unpaired) electrons. The Morgan fingerprint density at radius 2 is 2.04 bits per heavy atom. The van der Waals surface area contributed by atoms with Crippen molar-refractivity contribution in [3.05, 3.63) is 45.9 Å². The summed E-state index contributed by atoms with van der Waals surface area (Å²) in [7, 11) is 0. The largest absolute Gasteiger partial charge is 0.426 e. The number of aromatic nitrogens is 1. The number of hydrogen-bond acceptors (Lipinski definition) is 5. The number of fused-ring (bicyclic) bond motifs is 3. The Morgan fingerprint density at radius 1 is 1.30 bits per heavy atom. The van der Waals surface area contributed by atoms with E-state index in [0.717, 1.165) is 11.3 Å². The van der Waals surface area contributed by atoms with E-state index in [9.17, 15) is 9.59 Å². The van der Waals surface area contributed by atoms with Crippen LogP contribution in [0.15, 0.2) is 33.5 Å². The molecule has 6 heteroatoms. The second kappa shape index (κ2) is 5.77. The van der Waals surface area contributed by atoms with Gasteiger partial charge in [0.25, 0.3) is 0 Å². The second-order valence-corrected chi connectivity index (χ2v) is 6.76. The quantitative estimate of drug-likeness (QED) is 0.225. The van der Waals surface area contributed by atoms with Gasteiger partial charge in [0, 0.05) is 17.1 Å². The van der Waals surface area contributed by atoms with Crippen LogP contribution in [0.25, 0.3) is 21.9 Å². The summed E-state index contributed by atoms with van der Waals surface area (Å²) in [4.78, 5) is 27.9. The first kappa shape index (κ1) is 15.7. The zero-order chi connectivity index (χ0) is 16.7. The molecule has 1 unspecified atom stereocenters. The third-order valence-corrected chi connectivity index (χ3v) is 3.88. The van der Waals surface area contributed by atoms with E-state index >= 15 is 0 Å². The van der Waals surface area contributed by atoms with Crippen molar-refractivity contribution in [2.45, 2.75) is 25.6 Å². The third-order valence-electron chi connectivity index (χ3n) is 3.50. The topological polar surface area (TPSA) is 69.4 Å². The zero-order valence-electron chi connectivity index (χ0n) is 12.8. The number of ether oxygens (including phenoxy) is 1. The summed E-state index contributed by atoms with van der Waals surface area (Å²) >= 11 is 3.15. The maximum Gasteiger partial charge on any atom is 0.346 e. The predicted molar refractivity (Wildman–Crippen MR) is 91.3 cm³/mol. The van der Waals surface area contributed by atoms with E-state index in [1.54, 1.807) is 19.1 Å². The van der Waals surface area contributed by atoms with E-state index < -0.39 is 16.4 Å². The summed E-state index contributed by atoms with van der Waals surface area (Å²) in [6, 6.07) is 6.78. The molecule has 0 aliphatic rings. The molecule has 0 spiro atoms. The van der Waals surface area contributed by atoms with Crippen LogP contribution in [0.4, 0.5) is 0 Å². The molecule has 3 rings (SSSR count). The Kier molecular flexibility index (Phi) is 3.93. The third kappa shape index (κ3) is 2.86. The molecule has 0 aliphatic carbocycles. The van der Waals surface area contributed by atoms with E-state index in [-0.39, 0.29) is 0 Å². The van der Waals surface area contributed by atoms with Crippen molar-refractivity contribution >= 4 is 43.8 Å². The van der Waals surface area contributed by atoms with Crippen molar-refractivity contribution in [3.63, 3.8) is 0 Å². The number of carbonyl (C=O) groups excluding carboxylic acids is 1. The highest BCUT2D eigenvalue weighted by Gasteiger charge is 2.15. The summed E-state index contributed by atoms with van der Waals surface area (Å²) in [6.45, 7) is 5.40. The van der Waals surface area contributed by atoms with Crippen molar-refractivity contribution in [3.8, 4) is 5.75 Å². The molecule has 5 nitrogen and oxygen atoms in total. The molecular formula is C17H14BrNO4. The van der Waals surface area contributed by atoms with Crippen molar-refractivity contribution < 1.29 is 13.9 Å². The number of nitrogens with zero attached hydrogens (tertiary/aromatic N) is 1. The average molecular weight is 376 g/mol. The second-order valence-electron chi connectivity index (χ2n) is 5.39. The summed E-state index contributed by atoms with van der Waals surface area (Å²) in [5.74, 6) is -0.0991. The van der Waals surface area contributed by atoms with Crippen LogP contribution in [0.1, 0.15) is 18.2 Å². The summed E-state index contributed by atoms with van der Waals surface area (Å²) in [5, 5.41) is 1.18. The highest BCUT2D eigenvalue weighted by molar-refractivity contribution is 9.10. The molecule has 1 aromatic carbocycles. The van der Waals surface area contributed by atoms with Gasteiger partial charge in [-0.2, -0.15) is 0 Å². The fraction of sp³-hybridized carbons (Fsp3) is 0.235. The van der Waals surface area contributed by atoms with E-state index in [0.29, 0.717) is 27.6 Å². The van der Waals surface area contributed by atoms with Gasteiger partial charge >= 0.3 is 11.6 Å². The number of alkyl halides is 1. The Hall–Kier alpha value is -2.21. The van der Waals surface area contributed by atoms with Gasteiger partial charge in [0.2, 0.25) is 0 Å². The van der Waals surface area contributed by atoms with E-state index in [4.69, 9.17) is 9.15 Å². The number of halogens is 1. The Labute approximate surface area is 140 Å². The van der Waals surface area contributed by atoms with Crippen LogP contribution in [-0.4, -0.2) is 15.8 Å². The number of benzene rings is 1. The monoisotopic (exact) mass is 375 g/mol. The molecule has 0 N–H and O–H groups in total. The number of rotatable bonds is 2. The fourth-order valence-corrected chi connectivity index (χ4v) is 2.58. The molecule has 2 aromatic heterocycles. The molecular weight excluding hydrogens is 362 g/mol. The lowest BCUT2D eigenvalue weighted by molar-refractivity contribution is -0.133. The SMILES string of the molecule is Cc1cc(C)c2c(=O)oc3cc(OC(=O)C(C)Br)ccc3c2n1. The maximum atomic E-state index is 12.2. The fourth-order valence-electron chi connectivity index (χ4n) is 2.48. The Morgan fingerprint density at radius 3 is 2.74 bits per heavy atom. The van der Waals surface area contributed by atoms with Gasteiger partial charge in [0.05, 0.1) is 10.9 Å². The first-order chi connectivity index (χ1) is 10.9. The average Bonchev–Trinajstić information content (AvgIpc) is 2.45. The standard InChI is InChI=1S/C17H14BrNO4/c1-8-6-9(2)19-15-12-5-4-11(22-16(20)10(3)18)7-13(12)23-17(21)14(8)15/h4-7,10H,1-3H3. The van der Waals surface area contributed by atoms with Gasteiger partial charge in [-0.1, -0.05) is 15.9 Å². The van der Waals surface area contributed by atoms with Crippen LogP contribution in [0.3, 0.4) is 0 Å². The summed E-state index contributed by atoms with van der Waals surface area (Å²) in [5.41, 5.74) is 2.14. The van der Waals surface area contributed by atoms with E-state index in [1.165, 1.54) is 6.07 Å². The van der Waals surface area contributed by atoms with E-state index in [2.05, 4.69) is 20.9 Å². The molecule has 118 valence electrons. The van der Waals surface area contributed by atoms with Crippen LogP contribution in [0.5, 0.6) is 5.75 Å². The van der Waals surface area contributed by atoms with Crippen molar-refractivity contribution in [1.29, 1.82) is 0 Å². The predicted octanol–water partition coefficient (Wildman–Crippen LogP) is 3.65. The molecule has 0 amide bonds. The first-order valence-corrected chi connectivity index (χ1v) is 7.99. The number of hydrogen-bond donors (Lipinski definition) is 0. The van der Waals surface area contributed by atoms with Gasteiger partial charge in [-0.15, -0.1) is 0 Å². The first-order valence-electron chi connectivity index (χ1n) is 7.07. The zero-order valence-corrected chi connectivity index (χ0v) is 14.4. The molecule has 0 aliphatic heterocycles. The lowest BCUT2D eigenvalue weighted by Gasteiger charge is -2.08. The highest BCUT2D eigenvalue weighted by atomic mass is 79.9. The van der Waals surface area contributed by atoms with Gasteiger partial charge in [0.15, 0.2) is 0 Å². The number of pyridine rings is 1. The molecule has 3 aromatic rings. The minimum Gasteiger partial charge on any atom is -0.426 e. The van der Waals surface area contributed by atoms with Crippen LogP contribution in [-0.2, 0) is 4.79 Å². The van der Waals surface area contributed by atoms with Crippen LogP contribution >= 0.6 is 15.9 Å². The van der Waals surface area contributed by atoms with Crippen LogP contribution in [0.2, 0.25) is 0 Å². The Bertz CT molecular complexity index is 991. The lowest BCUT2D eigenvalue weighted by atomic mass is 10.1. The van der Waals surface area contributed by atoms with Crippen molar-refractivity contribution in [1.82, 2.24) is 4.98 Å². The molecule has 2 heterocycles. The summed E-state index contributed by atoms with van der Waals surface area (Å²) < 4.78 is 10.6. The normalized spacial score (nSPS) is 12.5. The molecule has 0 fully saturated rings. The van der Waals surface area contributed by atoms with Crippen LogP contribution < -0.4 is 10.4 Å². The molecule has 23 heavy (non-hydrogen) atoms. The maximum absolute atomic E-state index is 12.2. The number of esters is 1. The minimum atomic E-state index is -0.449. The highest BCUT2D eigenvalue weighted by Crippen LogP contribution is 2.27.